The number of hydrogen-bond donors (Lipinski definition) is 5. The second-order valence-electron chi connectivity index (χ2n) is 10.3. The summed E-state index contributed by atoms with van der Waals surface area (Å²) >= 11 is 0. The second kappa shape index (κ2) is 10.8. The molecule has 1 saturated carbocycles. The third-order valence-corrected chi connectivity index (χ3v) is 8.99. The van der Waals surface area contributed by atoms with Crippen LogP contribution in [0.1, 0.15) is 80.2 Å². The Labute approximate surface area is 213 Å². The van der Waals surface area contributed by atoms with E-state index >= 15 is 0 Å². The van der Waals surface area contributed by atoms with Crippen molar-refractivity contribution in [3.63, 3.8) is 0 Å². The van der Waals surface area contributed by atoms with E-state index in [4.69, 9.17) is 10.1 Å². The Morgan fingerprint density at radius 3 is 2.39 bits per heavy atom. The van der Waals surface area contributed by atoms with Crippen molar-refractivity contribution in [1.29, 1.82) is 5.41 Å². The van der Waals surface area contributed by atoms with Crippen LogP contribution >= 0.6 is 0 Å². The van der Waals surface area contributed by atoms with Crippen LogP contribution in [0.4, 0.5) is 0 Å². The summed E-state index contributed by atoms with van der Waals surface area (Å²) in [5.74, 6) is -1.86. The lowest BCUT2D eigenvalue weighted by Gasteiger charge is -2.24. The minimum absolute atomic E-state index is 0.125. The maximum absolute atomic E-state index is 13.2. The normalized spacial score (nSPS) is 17.9. The molecule has 0 aromatic heterocycles. The number of fused-ring (bicyclic) bond motifs is 1. The standard InChI is InChI=1S/C25H38N4O6S/c1-14-15(2)21(16(3)18-13-35-25(4,5)20(14)18)36(33,34)29-24(26)27-12-8-11-19(23(31)32)28-22(30)17-9-6-7-10-17/h17,19H,6-13H2,1-5H3,(H,28,30)(H,31,32)(H3,26,27,29). The lowest BCUT2D eigenvalue weighted by atomic mass is 9.87. The van der Waals surface area contributed by atoms with E-state index in [1.807, 2.05) is 20.8 Å². The van der Waals surface area contributed by atoms with Crippen LogP contribution in [0.2, 0.25) is 0 Å². The van der Waals surface area contributed by atoms with Crippen molar-refractivity contribution in [2.24, 2.45) is 5.92 Å². The maximum Gasteiger partial charge on any atom is 0.326 e. The number of carboxylic acid groups (broad SMARTS) is 1. The Bertz CT molecular complexity index is 1160. The Balaban J connectivity index is 1.59. The summed E-state index contributed by atoms with van der Waals surface area (Å²) in [6, 6.07) is -1.02. The van der Waals surface area contributed by atoms with E-state index in [2.05, 4.69) is 15.4 Å². The van der Waals surface area contributed by atoms with Crippen molar-refractivity contribution < 1.29 is 27.9 Å². The zero-order chi connectivity index (χ0) is 26.8. The number of amides is 1. The molecule has 0 spiro atoms. The predicted molar refractivity (Wildman–Crippen MR) is 135 cm³/mol. The van der Waals surface area contributed by atoms with Gasteiger partial charge in [0.25, 0.3) is 10.0 Å². The lowest BCUT2D eigenvalue weighted by molar-refractivity contribution is -0.142. The van der Waals surface area contributed by atoms with Crippen LogP contribution in [0.25, 0.3) is 0 Å². The summed E-state index contributed by atoms with van der Waals surface area (Å²) in [5, 5.41) is 22.8. The number of carbonyl (C=O) groups excluding carboxylic acids is 1. The minimum Gasteiger partial charge on any atom is -0.480 e. The summed E-state index contributed by atoms with van der Waals surface area (Å²) in [4.78, 5) is 24.0. The Morgan fingerprint density at radius 1 is 1.14 bits per heavy atom. The first kappa shape index (κ1) is 27.9. The van der Waals surface area contributed by atoms with Crippen LogP contribution in [-0.4, -0.2) is 43.9 Å². The molecule has 200 valence electrons. The molecule has 1 fully saturated rings. The predicted octanol–water partition coefficient (Wildman–Crippen LogP) is 2.72. The van der Waals surface area contributed by atoms with Crippen LogP contribution in [0.5, 0.6) is 0 Å². The number of guanidine groups is 1. The zero-order valence-corrected chi connectivity index (χ0v) is 22.5. The second-order valence-corrected chi connectivity index (χ2v) is 11.9. The first-order chi connectivity index (χ1) is 16.8. The van der Waals surface area contributed by atoms with E-state index in [1.165, 1.54) is 0 Å². The van der Waals surface area contributed by atoms with Crippen molar-refractivity contribution in [3.05, 3.63) is 27.8 Å². The SMILES string of the molecule is Cc1c(C)c(S(=O)(=O)NC(=N)NCCCC(NC(=O)C2CCCC2)C(=O)O)c(C)c2c1C(C)(C)OC2. The van der Waals surface area contributed by atoms with Gasteiger partial charge in [0.1, 0.15) is 6.04 Å². The molecule has 10 nitrogen and oxygen atoms in total. The number of rotatable bonds is 9. The average Bonchev–Trinajstić information content (AvgIpc) is 3.41. The molecule has 0 saturated heterocycles. The summed E-state index contributed by atoms with van der Waals surface area (Å²) in [6.07, 6.45) is 4.02. The van der Waals surface area contributed by atoms with Crippen molar-refractivity contribution in [1.82, 2.24) is 15.4 Å². The molecule has 1 heterocycles. The smallest absolute Gasteiger partial charge is 0.326 e. The van der Waals surface area contributed by atoms with Gasteiger partial charge in [0.05, 0.1) is 17.1 Å². The molecular weight excluding hydrogens is 484 g/mol. The monoisotopic (exact) mass is 522 g/mol. The largest absolute Gasteiger partial charge is 0.480 e. The number of aliphatic carboxylic acids is 1. The van der Waals surface area contributed by atoms with Crippen LogP contribution < -0.4 is 15.4 Å². The van der Waals surface area contributed by atoms with Crippen LogP contribution in [-0.2, 0) is 36.6 Å². The number of carboxylic acids is 1. The molecule has 1 aliphatic heterocycles. The topological polar surface area (TPSA) is 158 Å². The summed E-state index contributed by atoms with van der Waals surface area (Å²) in [6.45, 7) is 9.83. The van der Waals surface area contributed by atoms with Gasteiger partial charge in [0.2, 0.25) is 11.9 Å². The van der Waals surface area contributed by atoms with Gasteiger partial charge < -0.3 is 20.5 Å². The van der Waals surface area contributed by atoms with Gasteiger partial charge in [0.15, 0.2) is 0 Å². The Kier molecular flexibility index (Phi) is 8.34. The number of sulfonamides is 1. The highest BCUT2D eigenvalue weighted by Crippen LogP contribution is 2.43. The third kappa shape index (κ3) is 5.83. The number of nitrogens with one attached hydrogen (secondary N) is 4. The van der Waals surface area contributed by atoms with Gasteiger partial charge in [-0.3, -0.25) is 10.2 Å². The fourth-order valence-corrected chi connectivity index (χ4v) is 6.91. The van der Waals surface area contributed by atoms with Gasteiger partial charge in [-0.2, -0.15) is 0 Å². The van der Waals surface area contributed by atoms with E-state index < -0.39 is 33.6 Å². The molecule has 1 aromatic carbocycles. The first-order valence-corrected chi connectivity index (χ1v) is 13.9. The highest BCUT2D eigenvalue weighted by atomic mass is 32.2. The van der Waals surface area contributed by atoms with Gasteiger partial charge in [-0.1, -0.05) is 12.8 Å². The quantitative estimate of drug-likeness (QED) is 0.189. The average molecular weight is 523 g/mol. The number of hydrogen-bond acceptors (Lipinski definition) is 6. The van der Waals surface area contributed by atoms with Crippen LogP contribution in [0.15, 0.2) is 4.90 Å². The van der Waals surface area contributed by atoms with Crippen molar-refractivity contribution in [2.45, 2.75) is 96.3 Å². The summed E-state index contributed by atoms with van der Waals surface area (Å²) in [7, 11) is -4.04. The molecule has 11 heteroatoms. The number of benzene rings is 1. The van der Waals surface area contributed by atoms with E-state index in [-0.39, 0.29) is 29.7 Å². The maximum atomic E-state index is 13.2. The summed E-state index contributed by atoms with van der Waals surface area (Å²) in [5.41, 5.74) is 3.47. The highest BCUT2D eigenvalue weighted by molar-refractivity contribution is 7.90. The van der Waals surface area contributed by atoms with Crippen molar-refractivity contribution >= 4 is 27.9 Å². The van der Waals surface area contributed by atoms with Gasteiger partial charge in [-0.05, 0) is 88.1 Å². The molecule has 1 unspecified atom stereocenters. The molecule has 3 rings (SSSR count). The molecule has 0 bridgehead atoms. The Morgan fingerprint density at radius 2 is 1.78 bits per heavy atom. The van der Waals surface area contributed by atoms with Crippen LogP contribution in [0.3, 0.4) is 0 Å². The molecule has 5 N–H and O–H groups in total. The molecule has 1 aromatic rings. The molecule has 2 aliphatic rings. The fraction of sp³-hybridized carbons (Fsp3) is 0.640. The number of carbonyl (C=O) groups is 2. The molecule has 1 atom stereocenters. The third-order valence-electron chi connectivity index (χ3n) is 7.37. The zero-order valence-electron chi connectivity index (χ0n) is 21.7. The fourth-order valence-electron chi connectivity index (χ4n) is 5.39. The van der Waals surface area contributed by atoms with E-state index in [1.54, 1.807) is 13.8 Å². The molecular formula is C25H38N4O6S. The van der Waals surface area contributed by atoms with Gasteiger partial charge in [-0.15, -0.1) is 0 Å². The van der Waals surface area contributed by atoms with Crippen LogP contribution in [0, 0.1) is 32.1 Å². The molecule has 1 amide bonds. The van der Waals surface area contributed by atoms with Crippen molar-refractivity contribution in [2.75, 3.05) is 6.54 Å². The van der Waals surface area contributed by atoms with Gasteiger partial charge in [-0.25, -0.2) is 17.9 Å². The lowest BCUT2D eigenvalue weighted by Crippen LogP contribution is -2.44. The number of ether oxygens (including phenoxy) is 1. The van der Waals surface area contributed by atoms with Crippen molar-refractivity contribution in [3.8, 4) is 0 Å². The summed E-state index contributed by atoms with van der Waals surface area (Å²) < 4.78 is 34.6. The first-order valence-electron chi connectivity index (χ1n) is 12.4. The minimum atomic E-state index is -4.04. The molecule has 0 radical (unpaired) electrons. The Hall–Kier alpha value is -2.66. The molecule has 36 heavy (non-hydrogen) atoms. The highest BCUT2D eigenvalue weighted by Gasteiger charge is 2.37. The van der Waals surface area contributed by atoms with Gasteiger partial charge >= 0.3 is 5.97 Å². The van der Waals surface area contributed by atoms with E-state index in [9.17, 15) is 23.1 Å². The molecule has 1 aliphatic carbocycles. The van der Waals surface area contributed by atoms with E-state index in [0.717, 1.165) is 42.4 Å². The van der Waals surface area contributed by atoms with E-state index in [0.29, 0.717) is 24.2 Å². The van der Waals surface area contributed by atoms with Gasteiger partial charge in [0, 0.05) is 12.5 Å².